The predicted octanol–water partition coefficient (Wildman–Crippen LogP) is 3.12. The molecule has 5 nitrogen and oxygen atoms in total. The zero-order chi connectivity index (χ0) is 17.7. The number of ether oxygens (including phenoxy) is 1. The Morgan fingerprint density at radius 3 is 2.58 bits per heavy atom. The van der Waals surface area contributed by atoms with Gasteiger partial charge in [0.05, 0.1) is 23.9 Å². The van der Waals surface area contributed by atoms with Crippen LogP contribution < -0.4 is 10.1 Å². The molecule has 2 aromatic rings. The summed E-state index contributed by atoms with van der Waals surface area (Å²) >= 11 is 1.43. The monoisotopic (exact) mass is 348 g/mol. The molecule has 0 saturated carbocycles. The average molecular weight is 348 g/mol. The van der Waals surface area contributed by atoms with Crippen molar-refractivity contribution in [3.63, 3.8) is 0 Å². The fraction of sp³-hybridized carbons (Fsp3) is 0.444. The molecule has 24 heavy (non-hydrogen) atoms. The standard InChI is InChI=1S/C18H24N2O3S/c1-11(2)9-16-20-12(3)17(24-16)18(22)19-10-15(21)13-5-7-14(23-4)8-6-13/h5-8,11,15,21H,9-10H2,1-4H3,(H,19,22). The number of hydrogen-bond acceptors (Lipinski definition) is 5. The molecule has 1 aromatic heterocycles. The molecule has 2 rings (SSSR count). The molecule has 1 amide bonds. The van der Waals surface area contributed by atoms with Crippen LogP contribution >= 0.6 is 11.3 Å². The molecule has 1 aromatic carbocycles. The van der Waals surface area contributed by atoms with Crippen LogP contribution in [0.15, 0.2) is 24.3 Å². The van der Waals surface area contributed by atoms with Crippen molar-refractivity contribution in [1.29, 1.82) is 0 Å². The molecule has 0 spiro atoms. The number of rotatable bonds is 7. The van der Waals surface area contributed by atoms with E-state index in [4.69, 9.17) is 4.74 Å². The molecular weight excluding hydrogens is 324 g/mol. The first kappa shape index (κ1) is 18.4. The van der Waals surface area contributed by atoms with Crippen molar-refractivity contribution in [3.05, 3.63) is 45.4 Å². The van der Waals surface area contributed by atoms with E-state index in [2.05, 4.69) is 24.1 Å². The number of aromatic nitrogens is 1. The van der Waals surface area contributed by atoms with Crippen LogP contribution in [0.5, 0.6) is 5.75 Å². The number of aryl methyl sites for hydroxylation is 1. The van der Waals surface area contributed by atoms with Crippen molar-refractivity contribution in [2.45, 2.75) is 33.3 Å². The van der Waals surface area contributed by atoms with E-state index in [0.717, 1.165) is 28.4 Å². The van der Waals surface area contributed by atoms with Gasteiger partial charge < -0.3 is 15.2 Å². The van der Waals surface area contributed by atoms with Crippen LogP contribution in [0.4, 0.5) is 0 Å². The average Bonchev–Trinajstić information content (AvgIpc) is 2.92. The fourth-order valence-electron chi connectivity index (χ4n) is 2.31. The number of nitrogens with zero attached hydrogens (tertiary/aromatic N) is 1. The van der Waals surface area contributed by atoms with Gasteiger partial charge in [-0.25, -0.2) is 4.98 Å². The van der Waals surface area contributed by atoms with Crippen LogP contribution in [0.2, 0.25) is 0 Å². The summed E-state index contributed by atoms with van der Waals surface area (Å²) in [7, 11) is 1.59. The second-order valence-corrected chi connectivity index (χ2v) is 7.20. The van der Waals surface area contributed by atoms with Gasteiger partial charge in [-0.2, -0.15) is 0 Å². The van der Waals surface area contributed by atoms with E-state index >= 15 is 0 Å². The number of hydrogen-bond donors (Lipinski definition) is 2. The number of carbonyl (C=O) groups is 1. The minimum Gasteiger partial charge on any atom is -0.497 e. The fourth-order valence-corrected chi connectivity index (χ4v) is 3.51. The zero-order valence-corrected chi connectivity index (χ0v) is 15.3. The Morgan fingerprint density at radius 1 is 1.33 bits per heavy atom. The number of nitrogens with one attached hydrogen (secondary N) is 1. The highest BCUT2D eigenvalue weighted by molar-refractivity contribution is 7.13. The van der Waals surface area contributed by atoms with Gasteiger partial charge in [-0.3, -0.25) is 4.79 Å². The third kappa shape index (κ3) is 4.79. The lowest BCUT2D eigenvalue weighted by molar-refractivity contribution is 0.0919. The SMILES string of the molecule is COc1ccc(C(O)CNC(=O)c2sc(CC(C)C)nc2C)cc1. The van der Waals surface area contributed by atoms with E-state index in [1.165, 1.54) is 11.3 Å². The molecule has 0 aliphatic heterocycles. The number of aliphatic hydroxyl groups excluding tert-OH is 1. The number of benzene rings is 1. The molecule has 2 N–H and O–H groups in total. The molecule has 0 radical (unpaired) electrons. The highest BCUT2D eigenvalue weighted by Gasteiger charge is 2.17. The van der Waals surface area contributed by atoms with Crippen LogP contribution in [-0.4, -0.2) is 29.7 Å². The molecule has 0 bridgehead atoms. The van der Waals surface area contributed by atoms with Crippen LogP contribution in [0, 0.1) is 12.8 Å². The molecule has 1 heterocycles. The van der Waals surface area contributed by atoms with E-state index in [1.807, 2.05) is 6.92 Å². The summed E-state index contributed by atoms with van der Waals surface area (Å²) in [6, 6.07) is 7.14. The number of carbonyl (C=O) groups excluding carboxylic acids is 1. The molecule has 0 aliphatic carbocycles. The minimum absolute atomic E-state index is 0.155. The Morgan fingerprint density at radius 2 is 2.00 bits per heavy atom. The maximum absolute atomic E-state index is 12.3. The first-order chi connectivity index (χ1) is 11.4. The summed E-state index contributed by atoms with van der Waals surface area (Å²) in [4.78, 5) is 17.4. The molecule has 0 aliphatic rings. The zero-order valence-electron chi connectivity index (χ0n) is 14.5. The van der Waals surface area contributed by atoms with Crippen LogP contribution in [-0.2, 0) is 6.42 Å². The lowest BCUT2D eigenvalue weighted by atomic mass is 10.1. The summed E-state index contributed by atoms with van der Waals surface area (Å²) in [5.41, 5.74) is 1.48. The highest BCUT2D eigenvalue weighted by Crippen LogP contribution is 2.21. The van der Waals surface area contributed by atoms with Crippen LogP contribution in [0.25, 0.3) is 0 Å². The number of amides is 1. The molecule has 6 heteroatoms. The predicted molar refractivity (Wildman–Crippen MR) is 95.7 cm³/mol. The van der Waals surface area contributed by atoms with Crippen molar-refractivity contribution in [2.24, 2.45) is 5.92 Å². The molecule has 0 fully saturated rings. The van der Waals surface area contributed by atoms with Gasteiger partial charge in [0.25, 0.3) is 5.91 Å². The Bertz CT molecular complexity index is 680. The lowest BCUT2D eigenvalue weighted by Crippen LogP contribution is -2.28. The topological polar surface area (TPSA) is 71.5 Å². The number of aliphatic hydroxyl groups is 1. The third-order valence-corrected chi connectivity index (χ3v) is 4.77. The minimum atomic E-state index is -0.761. The summed E-state index contributed by atoms with van der Waals surface area (Å²) in [6.07, 6.45) is 0.107. The molecule has 1 unspecified atom stereocenters. The number of thiazole rings is 1. The van der Waals surface area contributed by atoms with Crippen molar-refractivity contribution < 1.29 is 14.6 Å². The first-order valence-corrected chi connectivity index (χ1v) is 8.79. The van der Waals surface area contributed by atoms with Gasteiger partial charge in [0.2, 0.25) is 0 Å². The molecule has 0 saturated heterocycles. The van der Waals surface area contributed by atoms with Crippen LogP contribution in [0.1, 0.15) is 45.9 Å². The van der Waals surface area contributed by atoms with Crippen molar-refractivity contribution in [2.75, 3.05) is 13.7 Å². The largest absolute Gasteiger partial charge is 0.497 e. The van der Waals surface area contributed by atoms with Crippen molar-refractivity contribution in [3.8, 4) is 5.75 Å². The van der Waals surface area contributed by atoms with Gasteiger partial charge in [0.15, 0.2) is 0 Å². The summed E-state index contributed by atoms with van der Waals surface area (Å²) in [5, 5.41) is 14.0. The van der Waals surface area contributed by atoms with E-state index in [0.29, 0.717) is 10.8 Å². The van der Waals surface area contributed by atoms with Gasteiger partial charge in [-0.05, 0) is 30.5 Å². The lowest BCUT2D eigenvalue weighted by Gasteiger charge is -2.12. The van der Waals surface area contributed by atoms with Gasteiger partial charge in [-0.15, -0.1) is 11.3 Å². The van der Waals surface area contributed by atoms with E-state index in [1.54, 1.807) is 31.4 Å². The first-order valence-electron chi connectivity index (χ1n) is 7.97. The smallest absolute Gasteiger partial charge is 0.263 e. The summed E-state index contributed by atoms with van der Waals surface area (Å²) < 4.78 is 5.09. The Balaban J connectivity index is 1.95. The molecule has 1 atom stereocenters. The van der Waals surface area contributed by atoms with Gasteiger partial charge in [0.1, 0.15) is 10.6 Å². The number of methoxy groups -OCH3 is 1. The summed E-state index contributed by atoms with van der Waals surface area (Å²) in [6.45, 7) is 6.25. The van der Waals surface area contributed by atoms with Crippen LogP contribution in [0.3, 0.4) is 0 Å². The van der Waals surface area contributed by atoms with Crippen molar-refractivity contribution in [1.82, 2.24) is 10.3 Å². The van der Waals surface area contributed by atoms with E-state index < -0.39 is 6.10 Å². The second kappa shape index (κ2) is 8.26. The normalized spacial score (nSPS) is 12.2. The Kier molecular flexibility index (Phi) is 6.34. The Hall–Kier alpha value is -1.92. The van der Waals surface area contributed by atoms with Crippen molar-refractivity contribution >= 4 is 17.2 Å². The van der Waals surface area contributed by atoms with Gasteiger partial charge in [-0.1, -0.05) is 26.0 Å². The second-order valence-electron chi connectivity index (χ2n) is 6.12. The van der Waals surface area contributed by atoms with E-state index in [9.17, 15) is 9.90 Å². The molecular formula is C18H24N2O3S. The summed E-state index contributed by atoms with van der Waals surface area (Å²) in [5.74, 6) is 1.05. The highest BCUT2D eigenvalue weighted by atomic mass is 32.1. The maximum Gasteiger partial charge on any atom is 0.263 e. The quantitative estimate of drug-likeness (QED) is 0.806. The third-order valence-electron chi connectivity index (χ3n) is 3.59. The van der Waals surface area contributed by atoms with Gasteiger partial charge >= 0.3 is 0 Å². The Labute approximate surface area is 146 Å². The maximum atomic E-state index is 12.3. The van der Waals surface area contributed by atoms with E-state index in [-0.39, 0.29) is 12.5 Å². The molecule has 130 valence electrons. The van der Waals surface area contributed by atoms with Gasteiger partial charge in [0, 0.05) is 13.0 Å².